The first-order valence-electron chi connectivity index (χ1n) is 11.7. The van der Waals surface area contributed by atoms with Crippen molar-refractivity contribution >= 4 is 11.7 Å². The molecule has 0 amide bonds. The molecule has 1 atom stereocenters. The number of carbonyl (C=O) groups is 1. The lowest BCUT2D eigenvalue weighted by Gasteiger charge is -2.17. The molecule has 0 aromatic heterocycles. The van der Waals surface area contributed by atoms with Gasteiger partial charge < -0.3 is 10.5 Å². The van der Waals surface area contributed by atoms with Gasteiger partial charge in [0.15, 0.2) is 0 Å². The summed E-state index contributed by atoms with van der Waals surface area (Å²) < 4.78 is 5.74. The molecular weight excluding hydrogens is 346 g/mol. The van der Waals surface area contributed by atoms with Gasteiger partial charge in [0.05, 0.1) is 5.56 Å². The summed E-state index contributed by atoms with van der Waals surface area (Å²) >= 11 is 0. The average molecular weight is 390 g/mol. The van der Waals surface area contributed by atoms with Crippen molar-refractivity contribution in [2.75, 3.05) is 5.73 Å². The van der Waals surface area contributed by atoms with Crippen LogP contribution in [0.5, 0.6) is 0 Å². The number of rotatable bonds is 17. The average Bonchev–Trinajstić information content (AvgIpc) is 2.69. The number of ether oxygens (including phenoxy) is 1. The molecule has 0 fully saturated rings. The highest BCUT2D eigenvalue weighted by atomic mass is 16.5. The molecule has 0 aliphatic rings. The normalized spacial score (nSPS) is 12.1. The molecule has 0 spiro atoms. The first-order valence-corrected chi connectivity index (χ1v) is 11.7. The van der Waals surface area contributed by atoms with Crippen molar-refractivity contribution in [2.45, 2.75) is 116 Å². The topological polar surface area (TPSA) is 52.3 Å². The smallest absolute Gasteiger partial charge is 0.338 e. The molecule has 0 saturated heterocycles. The van der Waals surface area contributed by atoms with E-state index < -0.39 is 0 Å². The van der Waals surface area contributed by atoms with Gasteiger partial charge >= 0.3 is 5.97 Å². The number of nitrogen functional groups attached to an aromatic ring is 1. The molecule has 160 valence electrons. The second-order valence-electron chi connectivity index (χ2n) is 8.12. The molecule has 1 rings (SSSR count). The van der Waals surface area contributed by atoms with E-state index in [1.54, 1.807) is 24.3 Å². The van der Waals surface area contributed by atoms with Gasteiger partial charge in [-0.3, -0.25) is 0 Å². The van der Waals surface area contributed by atoms with Crippen LogP contribution in [0, 0.1) is 0 Å². The van der Waals surface area contributed by atoms with Crippen LogP contribution >= 0.6 is 0 Å². The van der Waals surface area contributed by atoms with Crippen molar-refractivity contribution in [3.63, 3.8) is 0 Å². The first kappa shape index (κ1) is 24.5. The fourth-order valence-electron chi connectivity index (χ4n) is 3.64. The molecule has 28 heavy (non-hydrogen) atoms. The Balaban J connectivity index is 2.08. The summed E-state index contributed by atoms with van der Waals surface area (Å²) in [6, 6.07) is 6.97. The number of carbonyl (C=O) groups excluding carboxylic acids is 1. The lowest BCUT2D eigenvalue weighted by molar-refractivity contribution is 0.0253. The number of hydrogen-bond acceptors (Lipinski definition) is 3. The van der Waals surface area contributed by atoms with Crippen molar-refractivity contribution in [3.05, 3.63) is 29.8 Å². The molecule has 3 heteroatoms. The van der Waals surface area contributed by atoms with Crippen molar-refractivity contribution < 1.29 is 9.53 Å². The van der Waals surface area contributed by atoms with Crippen molar-refractivity contribution in [2.24, 2.45) is 0 Å². The van der Waals surface area contributed by atoms with E-state index in [1.807, 2.05) is 0 Å². The minimum Gasteiger partial charge on any atom is -0.459 e. The van der Waals surface area contributed by atoms with E-state index in [2.05, 4.69) is 13.8 Å². The van der Waals surface area contributed by atoms with Crippen LogP contribution in [0.3, 0.4) is 0 Å². The summed E-state index contributed by atoms with van der Waals surface area (Å²) in [7, 11) is 0. The third kappa shape index (κ3) is 12.0. The Morgan fingerprint density at radius 1 is 0.750 bits per heavy atom. The fourth-order valence-corrected chi connectivity index (χ4v) is 3.64. The number of anilines is 1. The molecule has 2 N–H and O–H groups in total. The van der Waals surface area contributed by atoms with Crippen LogP contribution in [0.1, 0.15) is 121 Å². The highest BCUT2D eigenvalue weighted by molar-refractivity contribution is 5.89. The Hall–Kier alpha value is -1.51. The Labute approximate surface area is 173 Å². The third-order valence-corrected chi connectivity index (χ3v) is 5.41. The van der Waals surface area contributed by atoms with Gasteiger partial charge in [-0.2, -0.15) is 0 Å². The molecule has 0 bridgehead atoms. The van der Waals surface area contributed by atoms with E-state index in [4.69, 9.17) is 10.5 Å². The molecule has 1 aromatic rings. The summed E-state index contributed by atoms with van der Waals surface area (Å²) in [5, 5.41) is 0. The van der Waals surface area contributed by atoms with E-state index >= 15 is 0 Å². The predicted octanol–water partition coefficient (Wildman–Crippen LogP) is 7.69. The van der Waals surface area contributed by atoms with Gasteiger partial charge in [-0.15, -0.1) is 0 Å². The number of benzene rings is 1. The largest absolute Gasteiger partial charge is 0.459 e. The van der Waals surface area contributed by atoms with Gasteiger partial charge in [-0.05, 0) is 43.5 Å². The molecule has 0 saturated carbocycles. The summed E-state index contributed by atoms with van der Waals surface area (Å²) in [4.78, 5) is 12.3. The van der Waals surface area contributed by atoms with E-state index in [9.17, 15) is 4.79 Å². The minimum atomic E-state index is -0.225. The summed E-state index contributed by atoms with van der Waals surface area (Å²) in [6.45, 7) is 4.42. The van der Waals surface area contributed by atoms with Gasteiger partial charge in [0, 0.05) is 5.69 Å². The molecule has 3 nitrogen and oxygen atoms in total. The van der Waals surface area contributed by atoms with Crippen LogP contribution in [0.4, 0.5) is 5.69 Å². The predicted molar refractivity (Wildman–Crippen MR) is 121 cm³/mol. The van der Waals surface area contributed by atoms with Gasteiger partial charge in [0.1, 0.15) is 6.10 Å². The lowest BCUT2D eigenvalue weighted by Crippen LogP contribution is -2.18. The van der Waals surface area contributed by atoms with Crippen LogP contribution in [0.25, 0.3) is 0 Å². The van der Waals surface area contributed by atoms with Gasteiger partial charge in [0.25, 0.3) is 0 Å². The zero-order valence-corrected chi connectivity index (χ0v) is 18.4. The second kappa shape index (κ2) is 16.4. The monoisotopic (exact) mass is 389 g/mol. The number of esters is 1. The Morgan fingerprint density at radius 2 is 1.25 bits per heavy atom. The quantitative estimate of drug-likeness (QED) is 0.169. The van der Waals surface area contributed by atoms with Crippen LogP contribution in [-0.2, 0) is 4.74 Å². The van der Waals surface area contributed by atoms with E-state index in [0.29, 0.717) is 11.3 Å². The van der Waals surface area contributed by atoms with E-state index in [1.165, 1.54) is 70.6 Å². The van der Waals surface area contributed by atoms with Crippen LogP contribution < -0.4 is 5.73 Å². The van der Waals surface area contributed by atoms with Crippen molar-refractivity contribution in [1.82, 2.24) is 0 Å². The summed E-state index contributed by atoms with van der Waals surface area (Å²) in [6.07, 6.45) is 19.2. The molecule has 1 unspecified atom stereocenters. The van der Waals surface area contributed by atoms with Gasteiger partial charge in [-0.25, -0.2) is 4.79 Å². The van der Waals surface area contributed by atoms with Crippen LogP contribution in [-0.4, -0.2) is 12.1 Å². The lowest BCUT2D eigenvalue weighted by atomic mass is 10.0. The van der Waals surface area contributed by atoms with Crippen molar-refractivity contribution in [3.8, 4) is 0 Å². The summed E-state index contributed by atoms with van der Waals surface area (Å²) in [5.74, 6) is -0.225. The Morgan fingerprint density at radius 3 is 1.75 bits per heavy atom. The summed E-state index contributed by atoms with van der Waals surface area (Å²) in [5.41, 5.74) is 6.93. The first-order chi connectivity index (χ1) is 13.7. The minimum absolute atomic E-state index is 0.0400. The SMILES string of the molecule is CCCCCCCCCCCCCCC(CCC)OC(=O)c1ccc(N)cc1. The Bertz CT molecular complexity index is 498. The molecule has 0 aliphatic heterocycles. The Kier molecular flexibility index (Phi) is 14.4. The maximum atomic E-state index is 12.3. The van der Waals surface area contributed by atoms with E-state index in [0.717, 1.165) is 25.7 Å². The molecule has 0 radical (unpaired) electrons. The standard InChI is InChI=1S/C25H43NO2/c1-3-5-6-7-8-9-10-11-12-13-14-15-17-24(16-4-2)28-25(27)22-18-20-23(26)21-19-22/h18-21,24H,3-17,26H2,1-2H3. The highest BCUT2D eigenvalue weighted by Gasteiger charge is 2.15. The third-order valence-electron chi connectivity index (χ3n) is 5.41. The fraction of sp³-hybridized carbons (Fsp3) is 0.720. The maximum Gasteiger partial charge on any atom is 0.338 e. The number of unbranched alkanes of at least 4 members (excludes halogenated alkanes) is 11. The molecule has 1 aromatic carbocycles. The second-order valence-corrected chi connectivity index (χ2v) is 8.12. The molecule has 0 heterocycles. The number of hydrogen-bond donors (Lipinski definition) is 1. The zero-order valence-electron chi connectivity index (χ0n) is 18.4. The maximum absolute atomic E-state index is 12.3. The van der Waals surface area contributed by atoms with Crippen LogP contribution in [0.15, 0.2) is 24.3 Å². The highest BCUT2D eigenvalue weighted by Crippen LogP contribution is 2.17. The van der Waals surface area contributed by atoms with Gasteiger partial charge in [0.2, 0.25) is 0 Å². The van der Waals surface area contributed by atoms with Crippen LogP contribution in [0.2, 0.25) is 0 Å². The van der Waals surface area contributed by atoms with Crippen molar-refractivity contribution in [1.29, 1.82) is 0 Å². The molecular formula is C25H43NO2. The molecule has 0 aliphatic carbocycles. The zero-order chi connectivity index (χ0) is 20.5. The van der Waals surface area contributed by atoms with Gasteiger partial charge in [-0.1, -0.05) is 90.9 Å². The number of nitrogens with two attached hydrogens (primary N) is 1. The van der Waals surface area contributed by atoms with E-state index in [-0.39, 0.29) is 12.1 Å².